The number of ether oxygens (including phenoxy) is 2. The largest absolute Gasteiger partial charge is 0.484 e. The highest BCUT2D eigenvalue weighted by atomic mass is 16.5. The lowest BCUT2D eigenvalue weighted by atomic mass is 9.40. The zero-order chi connectivity index (χ0) is 15.9. The molecule has 0 amide bonds. The van der Waals surface area contributed by atoms with Crippen LogP contribution in [-0.4, -0.2) is 37.6 Å². The molecule has 0 spiro atoms. The summed E-state index contributed by atoms with van der Waals surface area (Å²) in [6, 6.07) is 4.41. The van der Waals surface area contributed by atoms with Gasteiger partial charge in [0.05, 0.1) is 43.4 Å². The highest BCUT2D eigenvalue weighted by molar-refractivity contribution is 5.97. The SMILES string of the molecule is COC1=N[C@@]2(C)C3C(C)=C(C#N)[C@H]4N=C(OC)[C@@]3(C#N)C2C14. The number of nitrogens with zero attached hydrogens (tertiary/aromatic N) is 4. The summed E-state index contributed by atoms with van der Waals surface area (Å²) in [5, 5.41) is 19.6. The van der Waals surface area contributed by atoms with Crippen LogP contribution in [0.15, 0.2) is 21.1 Å². The summed E-state index contributed by atoms with van der Waals surface area (Å²) in [5.41, 5.74) is 0.297. The van der Waals surface area contributed by atoms with Gasteiger partial charge in [-0.15, -0.1) is 0 Å². The summed E-state index contributed by atoms with van der Waals surface area (Å²) in [6.07, 6.45) is 0. The topological polar surface area (TPSA) is 90.8 Å². The van der Waals surface area contributed by atoms with E-state index in [1.165, 1.54) is 0 Å². The molecule has 22 heavy (non-hydrogen) atoms. The van der Waals surface area contributed by atoms with Gasteiger partial charge in [0.2, 0.25) is 5.90 Å². The summed E-state index contributed by atoms with van der Waals surface area (Å²) in [5.74, 6) is 0.658. The molecular formula is C16H16N4O2. The van der Waals surface area contributed by atoms with Crippen molar-refractivity contribution in [3.63, 3.8) is 0 Å². The quantitative estimate of drug-likeness (QED) is 0.676. The molecule has 0 aromatic rings. The third-order valence-electron chi connectivity index (χ3n) is 5.97. The van der Waals surface area contributed by atoms with Crippen LogP contribution in [0.1, 0.15) is 13.8 Å². The third kappa shape index (κ3) is 1.01. The van der Waals surface area contributed by atoms with Crippen LogP contribution in [0.3, 0.4) is 0 Å². The maximum Gasteiger partial charge on any atom is 0.205 e. The molecule has 3 aliphatic heterocycles. The Morgan fingerprint density at radius 1 is 1.23 bits per heavy atom. The van der Waals surface area contributed by atoms with Gasteiger partial charge in [0, 0.05) is 11.8 Å². The number of methoxy groups -OCH3 is 2. The predicted octanol–water partition coefficient (Wildman–Crippen LogP) is 1.46. The van der Waals surface area contributed by atoms with Gasteiger partial charge in [-0.2, -0.15) is 10.5 Å². The van der Waals surface area contributed by atoms with E-state index < -0.39 is 11.0 Å². The van der Waals surface area contributed by atoms with Gasteiger partial charge in [0.15, 0.2) is 5.90 Å². The van der Waals surface area contributed by atoms with E-state index in [1.54, 1.807) is 14.2 Å². The fraction of sp³-hybridized carbons (Fsp3) is 0.625. The van der Waals surface area contributed by atoms with Crippen LogP contribution in [-0.2, 0) is 9.47 Å². The maximum absolute atomic E-state index is 10.00. The molecule has 6 atom stereocenters. The van der Waals surface area contributed by atoms with Crippen LogP contribution >= 0.6 is 0 Å². The summed E-state index contributed by atoms with van der Waals surface area (Å²) >= 11 is 0. The molecule has 5 aliphatic rings. The average Bonchev–Trinajstić information content (AvgIpc) is 2.64. The molecule has 0 radical (unpaired) electrons. The molecule has 6 bridgehead atoms. The first-order valence-electron chi connectivity index (χ1n) is 7.29. The van der Waals surface area contributed by atoms with Gasteiger partial charge in [-0.05, 0) is 19.4 Å². The second-order valence-electron chi connectivity index (χ2n) is 6.59. The minimum Gasteiger partial charge on any atom is -0.484 e. The van der Waals surface area contributed by atoms with Crippen molar-refractivity contribution in [3.05, 3.63) is 11.1 Å². The summed E-state index contributed by atoms with van der Waals surface area (Å²) in [6.45, 7) is 3.98. The lowest BCUT2D eigenvalue weighted by Crippen LogP contribution is -2.71. The molecule has 3 heterocycles. The first-order chi connectivity index (χ1) is 10.5. The minimum absolute atomic E-state index is 0.0526. The molecule has 0 aromatic heterocycles. The first kappa shape index (κ1) is 13.3. The summed E-state index contributed by atoms with van der Waals surface area (Å²) < 4.78 is 11.0. The Balaban J connectivity index is 2.08. The van der Waals surface area contributed by atoms with E-state index >= 15 is 0 Å². The van der Waals surface area contributed by atoms with Crippen molar-refractivity contribution in [1.82, 2.24) is 0 Å². The van der Waals surface area contributed by atoms with Gasteiger partial charge in [-0.1, -0.05) is 0 Å². The molecule has 2 aliphatic carbocycles. The highest BCUT2D eigenvalue weighted by Crippen LogP contribution is 2.73. The van der Waals surface area contributed by atoms with Gasteiger partial charge in [0.1, 0.15) is 11.5 Å². The fourth-order valence-electron chi connectivity index (χ4n) is 5.46. The Labute approximate surface area is 128 Å². The van der Waals surface area contributed by atoms with Crippen molar-refractivity contribution in [2.24, 2.45) is 33.2 Å². The van der Waals surface area contributed by atoms with E-state index in [-0.39, 0.29) is 23.8 Å². The lowest BCUT2D eigenvalue weighted by Gasteiger charge is -2.61. The zero-order valence-corrected chi connectivity index (χ0v) is 12.9. The lowest BCUT2D eigenvalue weighted by molar-refractivity contribution is -0.0451. The Morgan fingerprint density at radius 2 is 1.95 bits per heavy atom. The van der Waals surface area contributed by atoms with Crippen LogP contribution in [0.2, 0.25) is 0 Å². The van der Waals surface area contributed by atoms with E-state index in [1.807, 2.05) is 6.92 Å². The highest BCUT2D eigenvalue weighted by Gasteiger charge is 2.82. The molecule has 5 rings (SSSR count). The summed E-state index contributed by atoms with van der Waals surface area (Å²) in [4.78, 5) is 9.41. The van der Waals surface area contributed by atoms with Gasteiger partial charge < -0.3 is 9.47 Å². The van der Waals surface area contributed by atoms with Gasteiger partial charge in [0.25, 0.3) is 0 Å². The molecule has 0 N–H and O–H groups in total. The van der Waals surface area contributed by atoms with Crippen molar-refractivity contribution in [3.8, 4) is 12.1 Å². The number of rotatable bonds is 0. The number of hydrogen-bond donors (Lipinski definition) is 0. The van der Waals surface area contributed by atoms with Crippen LogP contribution in [0.5, 0.6) is 0 Å². The fourth-order valence-corrected chi connectivity index (χ4v) is 5.46. The van der Waals surface area contributed by atoms with E-state index in [9.17, 15) is 10.5 Å². The van der Waals surface area contributed by atoms with E-state index in [0.29, 0.717) is 17.4 Å². The van der Waals surface area contributed by atoms with Gasteiger partial charge >= 0.3 is 0 Å². The van der Waals surface area contributed by atoms with Crippen LogP contribution in [0, 0.1) is 45.8 Å². The van der Waals surface area contributed by atoms with Crippen LogP contribution in [0.25, 0.3) is 0 Å². The second kappa shape index (κ2) is 3.70. The average molecular weight is 296 g/mol. The molecule has 6 heteroatoms. The van der Waals surface area contributed by atoms with Crippen molar-refractivity contribution in [2.75, 3.05) is 14.2 Å². The zero-order valence-electron chi connectivity index (χ0n) is 12.9. The van der Waals surface area contributed by atoms with Crippen molar-refractivity contribution >= 4 is 11.8 Å². The summed E-state index contributed by atoms with van der Waals surface area (Å²) in [7, 11) is 3.13. The normalized spacial score (nSPS) is 46.8. The van der Waals surface area contributed by atoms with Gasteiger partial charge in [-0.25, -0.2) is 9.98 Å². The van der Waals surface area contributed by atoms with Crippen LogP contribution in [0.4, 0.5) is 0 Å². The minimum atomic E-state index is -0.836. The van der Waals surface area contributed by atoms with Crippen molar-refractivity contribution in [2.45, 2.75) is 25.4 Å². The molecule has 6 nitrogen and oxygen atoms in total. The Morgan fingerprint density at radius 3 is 2.50 bits per heavy atom. The van der Waals surface area contributed by atoms with E-state index in [2.05, 4.69) is 24.1 Å². The molecule has 112 valence electrons. The molecule has 0 saturated heterocycles. The Bertz CT molecular complexity index is 768. The second-order valence-corrected chi connectivity index (χ2v) is 6.59. The first-order valence-corrected chi connectivity index (χ1v) is 7.29. The van der Waals surface area contributed by atoms with Crippen molar-refractivity contribution in [1.29, 1.82) is 10.5 Å². The van der Waals surface area contributed by atoms with Crippen molar-refractivity contribution < 1.29 is 9.47 Å². The Kier molecular flexibility index (Phi) is 2.24. The van der Waals surface area contributed by atoms with E-state index in [4.69, 9.17) is 14.5 Å². The molecule has 1 fully saturated rings. The third-order valence-corrected chi connectivity index (χ3v) is 5.97. The molecule has 1 saturated carbocycles. The van der Waals surface area contributed by atoms with Gasteiger partial charge in [-0.3, -0.25) is 0 Å². The maximum atomic E-state index is 10.00. The standard InChI is InChI=1S/C16H16N4O2/c1-7-8(5-17)10-9-12-15(2,20-13(9)21-3)11(7)16(12,6-18)14(19-10)22-4/h9-12H,1-4H3/t9?,10-,11?,12?,15+,16-/m1/s1. The molecular weight excluding hydrogens is 280 g/mol. The predicted molar refractivity (Wildman–Crippen MR) is 77.9 cm³/mol. The van der Waals surface area contributed by atoms with Crippen LogP contribution < -0.4 is 0 Å². The number of aliphatic imine (C=N–C) groups is 2. The number of hydrogen-bond acceptors (Lipinski definition) is 6. The molecule has 3 unspecified atom stereocenters. The Hall–Kier alpha value is -2.34. The van der Waals surface area contributed by atoms with E-state index in [0.717, 1.165) is 5.57 Å². The smallest absolute Gasteiger partial charge is 0.205 e. The monoisotopic (exact) mass is 296 g/mol. The molecule has 0 aromatic carbocycles. The number of nitriles is 2.